The van der Waals surface area contributed by atoms with Gasteiger partial charge >= 0.3 is 6.61 Å². The van der Waals surface area contributed by atoms with E-state index in [0.29, 0.717) is 6.54 Å². The summed E-state index contributed by atoms with van der Waals surface area (Å²) < 4.78 is 28.4. The summed E-state index contributed by atoms with van der Waals surface area (Å²) in [5.41, 5.74) is 6.75. The van der Waals surface area contributed by atoms with E-state index in [4.69, 9.17) is 5.73 Å². The normalized spacial score (nSPS) is 23.4. The van der Waals surface area contributed by atoms with Crippen LogP contribution in [-0.2, 0) is 0 Å². The van der Waals surface area contributed by atoms with Crippen molar-refractivity contribution >= 4 is 0 Å². The summed E-state index contributed by atoms with van der Waals surface area (Å²) in [6.45, 7) is 0.889. The van der Waals surface area contributed by atoms with Gasteiger partial charge in [0.25, 0.3) is 0 Å². The third-order valence-corrected chi connectivity index (χ3v) is 3.65. The van der Waals surface area contributed by atoms with Gasteiger partial charge in [-0.3, -0.25) is 0 Å². The van der Waals surface area contributed by atoms with E-state index < -0.39 is 6.61 Å². The Morgan fingerprint density at radius 2 is 2.00 bits per heavy atom. The summed E-state index contributed by atoms with van der Waals surface area (Å²) in [4.78, 5) is 0. The monoisotopic (exact) mass is 270 g/mol. The van der Waals surface area contributed by atoms with Crippen LogP contribution in [0.3, 0.4) is 0 Å². The Kier molecular flexibility index (Phi) is 4.71. The van der Waals surface area contributed by atoms with Crippen molar-refractivity contribution in [3.05, 3.63) is 29.8 Å². The number of halogens is 2. The first-order valence-corrected chi connectivity index (χ1v) is 6.58. The average molecular weight is 270 g/mol. The predicted octanol–water partition coefficient (Wildman–Crippen LogP) is 2.53. The third-order valence-electron chi connectivity index (χ3n) is 3.65. The van der Waals surface area contributed by atoms with Gasteiger partial charge in [0.1, 0.15) is 5.75 Å². The lowest BCUT2D eigenvalue weighted by atomic mass is 10.1. The van der Waals surface area contributed by atoms with E-state index in [1.54, 1.807) is 24.3 Å². The maximum Gasteiger partial charge on any atom is 0.387 e. The number of hydrogen-bond donors (Lipinski definition) is 2. The molecule has 1 aliphatic rings. The maximum absolute atomic E-state index is 12.0. The number of hydrogen-bond acceptors (Lipinski definition) is 3. The summed E-state index contributed by atoms with van der Waals surface area (Å²) in [6.07, 6.45) is 1.27. The highest BCUT2D eigenvalue weighted by Gasteiger charge is 2.32. The van der Waals surface area contributed by atoms with Crippen molar-refractivity contribution in [2.75, 3.05) is 13.1 Å². The summed E-state index contributed by atoms with van der Waals surface area (Å²) in [7, 11) is 0. The fraction of sp³-hybridized carbons (Fsp3) is 0.571. The number of benzene rings is 1. The molecule has 0 saturated heterocycles. The Balaban J connectivity index is 1.90. The lowest BCUT2D eigenvalue weighted by Gasteiger charge is -2.17. The molecule has 3 unspecified atom stereocenters. The van der Waals surface area contributed by atoms with Crippen LogP contribution >= 0.6 is 0 Å². The molecule has 0 radical (unpaired) electrons. The fourth-order valence-electron chi connectivity index (χ4n) is 2.20. The van der Waals surface area contributed by atoms with Gasteiger partial charge in [-0.1, -0.05) is 19.1 Å². The third kappa shape index (κ3) is 4.14. The van der Waals surface area contributed by atoms with Crippen LogP contribution in [0.2, 0.25) is 0 Å². The average Bonchev–Trinajstić information content (AvgIpc) is 3.07. The number of rotatable bonds is 7. The van der Waals surface area contributed by atoms with Crippen LogP contribution in [0.25, 0.3) is 0 Å². The second-order valence-corrected chi connectivity index (χ2v) is 5.12. The lowest BCUT2D eigenvalue weighted by Crippen LogP contribution is -2.30. The van der Waals surface area contributed by atoms with E-state index in [-0.39, 0.29) is 11.8 Å². The SMILES string of the molecule is CC1CC1CNC(CN)c1ccc(OC(F)F)cc1. The largest absolute Gasteiger partial charge is 0.435 e. The Labute approximate surface area is 112 Å². The first-order valence-electron chi connectivity index (χ1n) is 6.58. The minimum Gasteiger partial charge on any atom is -0.435 e. The Morgan fingerprint density at radius 3 is 2.47 bits per heavy atom. The first-order chi connectivity index (χ1) is 9.10. The first kappa shape index (κ1) is 14.2. The molecule has 0 bridgehead atoms. The van der Waals surface area contributed by atoms with Crippen molar-refractivity contribution in [2.24, 2.45) is 17.6 Å². The zero-order chi connectivity index (χ0) is 13.8. The van der Waals surface area contributed by atoms with Crippen LogP contribution in [0, 0.1) is 11.8 Å². The van der Waals surface area contributed by atoms with E-state index in [1.165, 1.54) is 6.42 Å². The highest BCUT2D eigenvalue weighted by atomic mass is 19.3. The highest BCUT2D eigenvalue weighted by molar-refractivity contribution is 5.29. The quantitative estimate of drug-likeness (QED) is 0.800. The van der Waals surface area contributed by atoms with Crippen molar-refractivity contribution in [2.45, 2.75) is 26.0 Å². The zero-order valence-electron chi connectivity index (χ0n) is 11.0. The highest BCUT2D eigenvalue weighted by Crippen LogP contribution is 2.37. The molecule has 106 valence electrons. The van der Waals surface area contributed by atoms with Crippen molar-refractivity contribution in [3.63, 3.8) is 0 Å². The second kappa shape index (κ2) is 6.30. The van der Waals surface area contributed by atoms with Crippen LogP contribution < -0.4 is 15.8 Å². The summed E-state index contributed by atoms with van der Waals surface area (Å²) in [5.74, 6) is 1.72. The molecule has 1 saturated carbocycles. The molecular weight excluding hydrogens is 250 g/mol. The molecule has 3 N–H and O–H groups in total. The Bertz CT molecular complexity index is 397. The van der Waals surface area contributed by atoms with Gasteiger partial charge in [0, 0.05) is 12.6 Å². The van der Waals surface area contributed by atoms with Crippen molar-refractivity contribution in [1.29, 1.82) is 0 Å². The molecule has 0 amide bonds. The minimum atomic E-state index is -2.79. The second-order valence-electron chi connectivity index (χ2n) is 5.12. The van der Waals surface area contributed by atoms with Crippen LogP contribution in [0.1, 0.15) is 24.9 Å². The van der Waals surface area contributed by atoms with Crippen LogP contribution in [0.5, 0.6) is 5.75 Å². The Hall–Kier alpha value is -1.20. The predicted molar refractivity (Wildman–Crippen MR) is 70.1 cm³/mol. The molecule has 1 aromatic rings. The number of nitrogens with one attached hydrogen (secondary N) is 1. The Morgan fingerprint density at radius 1 is 1.37 bits per heavy atom. The number of nitrogens with two attached hydrogens (primary N) is 1. The molecule has 1 fully saturated rings. The van der Waals surface area contributed by atoms with Gasteiger partial charge in [-0.15, -0.1) is 0 Å². The smallest absolute Gasteiger partial charge is 0.387 e. The van der Waals surface area contributed by atoms with Gasteiger partial charge in [0.15, 0.2) is 0 Å². The molecule has 3 atom stereocenters. The molecule has 0 aliphatic heterocycles. The molecule has 1 aromatic carbocycles. The molecule has 19 heavy (non-hydrogen) atoms. The molecule has 0 heterocycles. The number of ether oxygens (including phenoxy) is 1. The molecule has 2 rings (SSSR count). The standard InChI is InChI=1S/C14H20F2N2O/c1-9-6-11(9)8-18-13(7-17)10-2-4-12(5-3-10)19-14(15)16/h2-5,9,11,13-14,18H,6-8,17H2,1H3. The van der Waals surface area contributed by atoms with E-state index in [2.05, 4.69) is 17.0 Å². The lowest BCUT2D eigenvalue weighted by molar-refractivity contribution is -0.0498. The summed E-state index contributed by atoms with van der Waals surface area (Å²) >= 11 is 0. The summed E-state index contributed by atoms with van der Waals surface area (Å²) in [6, 6.07) is 6.71. The molecular formula is C14H20F2N2O. The number of alkyl halides is 2. The van der Waals surface area contributed by atoms with Gasteiger partial charge in [-0.05, 0) is 42.5 Å². The molecule has 0 aromatic heterocycles. The molecule has 3 nitrogen and oxygen atoms in total. The van der Waals surface area contributed by atoms with Crippen LogP contribution in [0.4, 0.5) is 8.78 Å². The maximum atomic E-state index is 12.0. The van der Waals surface area contributed by atoms with E-state index in [1.807, 2.05) is 0 Å². The van der Waals surface area contributed by atoms with E-state index in [9.17, 15) is 8.78 Å². The minimum absolute atomic E-state index is 0.0633. The van der Waals surface area contributed by atoms with Gasteiger partial charge < -0.3 is 15.8 Å². The van der Waals surface area contributed by atoms with Crippen molar-refractivity contribution in [3.8, 4) is 5.75 Å². The van der Waals surface area contributed by atoms with Gasteiger partial charge in [0.05, 0.1) is 0 Å². The van der Waals surface area contributed by atoms with Crippen LogP contribution in [-0.4, -0.2) is 19.7 Å². The molecule has 0 spiro atoms. The van der Waals surface area contributed by atoms with E-state index in [0.717, 1.165) is 23.9 Å². The van der Waals surface area contributed by atoms with Gasteiger partial charge in [0.2, 0.25) is 0 Å². The summed E-state index contributed by atoms with van der Waals surface area (Å²) in [5, 5.41) is 3.42. The fourth-order valence-corrected chi connectivity index (χ4v) is 2.20. The van der Waals surface area contributed by atoms with Crippen molar-refractivity contribution in [1.82, 2.24) is 5.32 Å². The topological polar surface area (TPSA) is 47.3 Å². The van der Waals surface area contributed by atoms with E-state index >= 15 is 0 Å². The van der Waals surface area contributed by atoms with Gasteiger partial charge in [-0.2, -0.15) is 8.78 Å². The van der Waals surface area contributed by atoms with Gasteiger partial charge in [-0.25, -0.2) is 0 Å². The van der Waals surface area contributed by atoms with Crippen molar-refractivity contribution < 1.29 is 13.5 Å². The molecule has 5 heteroatoms. The van der Waals surface area contributed by atoms with Crippen LogP contribution in [0.15, 0.2) is 24.3 Å². The molecule has 1 aliphatic carbocycles. The zero-order valence-corrected chi connectivity index (χ0v) is 11.0.